The van der Waals surface area contributed by atoms with Crippen LogP contribution in [0.1, 0.15) is 58.3 Å². The van der Waals surface area contributed by atoms with E-state index in [9.17, 15) is 14.7 Å². The maximum atomic E-state index is 12.4. The van der Waals surface area contributed by atoms with E-state index in [1.54, 1.807) is 11.8 Å². The molecule has 0 radical (unpaired) electrons. The molecule has 2 aliphatic heterocycles. The number of carboxylic acids is 1. The lowest BCUT2D eigenvalue weighted by Gasteiger charge is -2.42. The standard InChI is InChI=1S/C15H25NO4/c1-15(14(18)19)9-3-4-10-16(15)13(17)8-7-12-6-2-5-11-20-12/h12H,2-11H2,1H3,(H,18,19). The van der Waals surface area contributed by atoms with Crippen molar-refractivity contribution in [2.75, 3.05) is 13.2 Å². The van der Waals surface area contributed by atoms with Crippen molar-refractivity contribution in [3.8, 4) is 0 Å². The lowest BCUT2D eigenvalue weighted by molar-refractivity contribution is -0.161. The second-order valence-electron chi connectivity index (χ2n) is 6.11. The van der Waals surface area contributed by atoms with E-state index in [1.807, 2.05) is 0 Å². The molecular formula is C15H25NO4. The summed E-state index contributed by atoms with van der Waals surface area (Å²) in [5.74, 6) is -0.928. The maximum absolute atomic E-state index is 12.4. The predicted molar refractivity (Wildman–Crippen MR) is 74.4 cm³/mol. The van der Waals surface area contributed by atoms with Crippen molar-refractivity contribution < 1.29 is 19.4 Å². The summed E-state index contributed by atoms with van der Waals surface area (Å²) in [4.78, 5) is 25.4. The van der Waals surface area contributed by atoms with E-state index in [0.717, 1.165) is 38.7 Å². The minimum Gasteiger partial charge on any atom is -0.480 e. The molecule has 0 bridgehead atoms. The van der Waals surface area contributed by atoms with Gasteiger partial charge in [0.2, 0.25) is 5.91 Å². The minimum absolute atomic E-state index is 0.0382. The molecule has 0 aliphatic carbocycles. The number of piperidine rings is 1. The van der Waals surface area contributed by atoms with E-state index in [4.69, 9.17) is 4.74 Å². The van der Waals surface area contributed by atoms with Crippen LogP contribution in [0.2, 0.25) is 0 Å². The second-order valence-corrected chi connectivity index (χ2v) is 6.11. The summed E-state index contributed by atoms with van der Waals surface area (Å²) in [6.45, 7) is 3.02. The fourth-order valence-electron chi connectivity index (χ4n) is 3.20. The number of amides is 1. The summed E-state index contributed by atoms with van der Waals surface area (Å²) in [6.07, 6.45) is 6.89. The summed E-state index contributed by atoms with van der Waals surface area (Å²) < 4.78 is 5.63. The van der Waals surface area contributed by atoms with Crippen LogP contribution in [0.25, 0.3) is 0 Å². The minimum atomic E-state index is -1.03. The Balaban J connectivity index is 1.90. The first-order valence-electron chi connectivity index (χ1n) is 7.69. The Labute approximate surface area is 120 Å². The summed E-state index contributed by atoms with van der Waals surface area (Å²) in [6, 6.07) is 0. The second kappa shape index (κ2) is 6.57. The van der Waals surface area contributed by atoms with Gasteiger partial charge in [-0.3, -0.25) is 4.79 Å². The molecule has 5 nitrogen and oxygen atoms in total. The molecule has 5 heteroatoms. The third-order valence-electron chi connectivity index (χ3n) is 4.61. The van der Waals surface area contributed by atoms with E-state index < -0.39 is 11.5 Å². The number of carboxylic acid groups (broad SMARTS) is 1. The number of carbonyl (C=O) groups excluding carboxylic acids is 1. The molecule has 0 aromatic rings. The topological polar surface area (TPSA) is 66.8 Å². The van der Waals surface area contributed by atoms with E-state index in [2.05, 4.69) is 0 Å². The zero-order valence-electron chi connectivity index (χ0n) is 12.3. The number of hydrogen-bond acceptors (Lipinski definition) is 3. The van der Waals surface area contributed by atoms with Crippen molar-refractivity contribution in [3.05, 3.63) is 0 Å². The number of nitrogens with zero attached hydrogens (tertiary/aromatic N) is 1. The van der Waals surface area contributed by atoms with Crippen molar-refractivity contribution in [1.29, 1.82) is 0 Å². The maximum Gasteiger partial charge on any atom is 0.329 e. The van der Waals surface area contributed by atoms with Gasteiger partial charge in [0.25, 0.3) is 0 Å². The Morgan fingerprint density at radius 2 is 2.10 bits per heavy atom. The van der Waals surface area contributed by atoms with E-state index in [-0.39, 0.29) is 12.0 Å². The van der Waals surface area contributed by atoms with Gasteiger partial charge in [-0.25, -0.2) is 4.79 Å². The quantitative estimate of drug-likeness (QED) is 0.859. The lowest BCUT2D eigenvalue weighted by Crippen LogP contribution is -2.57. The number of rotatable bonds is 4. The molecule has 0 aromatic carbocycles. The van der Waals surface area contributed by atoms with Crippen molar-refractivity contribution in [2.45, 2.75) is 69.9 Å². The highest BCUT2D eigenvalue weighted by Crippen LogP contribution is 2.29. The van der Waals surface area contributed by atoms with E-state index in [0.29, 0.717) is 25.8 Å². The molecule has 114 valence electrons. The largest absolute Gasteiger partial charge is 0.480 e. The number of ether oxygens (including phenoxy) is 1. The Kier molecular flexibility index (Phi) is 5.02. The van der Waals surface area contributed by atoms with Crippen molar-refractivity contribution in [2.24, 2.45) is 0 Å². The Morgan fingerprint density at radius 3 is 2.75 bits per heavy atom. The summed E-state index contributed by atoms with van der Waals surface area (Å²) >= 11 is 0. The smallest absolute Gasteiger partial charge is 0.329 e. The highest BCUT2D eigenvalue weighted by atomic mass is 16.5. The van der Waals surface area contributed by atoms with Gasteiger partial charge in [-0.2, -0.15) is 0 Å². The Morgan fingerprint density at radius 1 is 1.30 bits per heavy atom. The summed E-state index contributed by atoms with van der Waals surface area (Å²) in [7, 11) is 0. The van der Waals surface area contributed by atoms with Crippen LogP contribution in [-0.4, -0.2) is 46.7 Å². The molecule has 2 aliphatic rings. The fourth-order valence-corrected chi connectivity index (χ4v) is 3.20. The van der Waals surface area contributed by atoms with Crippen LogP contribution in [0.3, 0.4) is 0 Å². The lowest BCUT2D eigenvalue weighted by atomic mass is 9.88. The SMILES string of the molecule is CC1(C(=O)O)CCCCN1C(=O)CCC1CCCCO1. The van der Waals surface area contributed by atoms with Gasteiger partial charge >= 0.3 is 5.97 Å². The van der Waals surface area contributed by atoms with Gasteiger partial charge in [0, 0.05) is 19.6 Å². The summed E-state index contributed by atoms with van der Waals surface area (Å²) in [5.41, 5.74) is -1.03. The van der Waals surface area contributed by atoms with Crippen LogP contribution in [0.5, 0.6) is 0 Å². The average molecular weight is 283 g/mol. The first kappa shape index (κ1) is 15.3. The third-order valence-corrected chi connectivity index (χ3v) is 4.61. The van der Waals surface area contributed by atoms with E-state index in [1.165, 1.54) is 0 Å². The highest BCUT2D eigenvalue weighted by molar-refractivity contribution is 5.87. The number of likely N-dealkylation sites (tertiary alicyclic amines) is 1. The van der Waals surface area contributed by atoms with Crippen molar-refractivity contribution in [3.63, 3.8) is 0 Å². The van der Waals surface area contributed by atoms with Crippen LogP contribution in [0.15, 0.2) is 0 Å². The monoisotopic (exact) mass is 283 g/mol. The van der Waals surface area contributed by atoms with Crippen LogP contribution < -0.4 is 0 Å². The van der Waals surface area contributed by atoms with Gasteiger partial charge in [0.05, 0.1) is 6.10 Å². The predicted octanol–water partition coefficient (Wildman–Crippen LogP) is 2.19. The molecule has 2 unspecified atom stereocenters. The Hall–Kier alpha value is -1.10. The molecular weight excluding hydrogens is 258 g/mol. The molecule has 0 spiro atoms. The van der Waals surface area contributed by atoms with Crippen LogP contribution in [-0.2, 0) is 14.3 Å². The van der Waals surface area contributed by atoms with Gasteiger partial charge in [-0.1, -0.05) is 0 Å². The first-order chi connectivity index (χ1) is 9.54. The molecule has 1 amide bonds. The molecule has 2 atom stereocenters. The molecule has 0 saturated carbocycles. The van der Waals surface area contributed by atoms with Gasteiger partial charge in [-0.15, -0.1) is 0 Å². The van der Waals surface area contributed by atoms with Gasteiger partial charge in [-0.05, 0) is 51.9 Å². The van der Waals surface area contributed by atoms with Crippen LogP contribution >= 0.6 is 0 Å². The number of aliphatic carboxylic acids is 1. The fraction of sp³-hybridized carbons (Fsp3) is 0.867. The van der Waals surface area contributed by atoms with Gasteiger partial charge in [0.15, 0.2) is 0 Å². The van der Waals surface area contributed by atoms with Gasteiger partial charge in [0.1, 0.15) is 5.54 Å². The highest BCUT2D eigenvalue weighted by Gasteiger charge is 2.43. The third kappa shape index (κ3) is 3.32. The molecule has 1 N–H and O–H groups in total. The molecule has 2 fully saturated rings. The van der Waals surface area contributed by atoms with E-state index >= 15 is 0 Å². The van der Waals surface area contributed by atoms with Gasteiger partial charge < -0.3 is 14.7 Å². The normalized spacial score (nSPS) is 31.1. The molecule has 2 heterocycles. The molecule has 0 aromatic heterocycles. The molecule has 20 heavy (non-hydrogen) atoms. The summed E-state index contributed by atoms with van der Waals surface area (Å²) in [5, 5.41) is 9.42. The first-order valence-corrected chi connectivity index (χ1v) is 7.69. The zero-order valence-corrected chi connectivity index (χ0v) is 12.3. The van der Waals surface area contributed by atoms with Crippen molar-refractivity contribution in [1.82, 2.24) is 4.90 Å². The number of hydrogen-bond donors (Lipinski definition) is 1. The molecule has 2 saturated heterocycles. The molecule has 2 rings (SSSR count). The van der Waals surface area contributed by atoms with Crippen molar-refractivity contribution >= 4 is 11.9 Å². The van der Waals surface area contributed by atoms with Crippen LogP contribution in [0, 0.1) is 0 Å². The Bertz CT molecular complexity index is 365. The number of carbonyl (C=O) groups is 2. The average Bonchev–Trinajstić information content (AvgIpc) is 2.46. The van der Waals surface area contributed by atoms with Crippen LogP contribution in [0.4, 0.5) is 0 Å². The zero-order chi connectivity index (χ0) is 14.6.